The molecule has 0 atom stereocenters. The van der Waals surface area contributed by atoms with Crippen molar-refractivity contribution in [2.24, 2.45) is 0 Å². The van der Waals surface area contributed by atoms with Crippen molar-refractivity contribution in [3.8, 4) is 11.1 Å². The van der Waals surface area contributed by atoms with Gasteiger partial charge in [0.25, 0.3) is 0 Å². The van der Waals surface area contributed by atoms with Crippen LogP contribution in [0.5, 0.6) is 0 Å². The van der Waals surface area contributed by atoms with Crippen LogP contribution in [0, 0.1) is 0 Å². The summed E-state index contributed by atoms with van der Waals surface area (Å²) in [6.07, 6.45) is 0. The molecular formula is C48H32N2O2. The number of anilines is 6. The van der Waals surface area contributed by atoms with E-state index in [2.05, 4.69) is 192 Å². The molecule has 0 spiro atoms. The summed E-state index contributed by atoms with van der Waals surface area (Å²) >= 11 is 0. The topological polar surface area (TPSA) is 32.8 Å². The summed E-state index contributed by atoms with van der Waals surface area (Å²) < 4.78 is 12.9. The van der Waals surface area contributed by atoms with Crippen LogP contribution in [0.2, 0.25) is 0 Å². The van der Waals surface area contributed by atoms with E-state index in [0.29, 0.717) is 0 Å². The fourth-order valence-corrected chi connectivity index (χ4v) is 7.44. The van der Waals surface area contributed by atoms with Crippen LogP contribution in [0.3, 0.4) is 0 Å². The summed E-state index contributed by atoms with van der Waals surface area (Å²) in [5, 5.41) is 4.29. The fourth-order valence-electron chi connectivity index (χ4n) is 7.44. The summed E-state index contributed by atoms with van der Waals surface area (Å²) in [5.74, 6) is 0. The molecule has 0 saturated heterocycles. The number of hydrogen-bond acceptors (Lipinski definition) is 4. The van der Waals surface area contributed by atoms with Gasteiger partial charge in [0.15, 0.2) is 0 Å². The van der Waals surface area contributed by atoms with Gasteiger partial charge < -0.3 is 18.6 Å². The summed E-state index contributed by atoms with van der Waals surface area (Å²) in [6, 6.07) is 67.8. The van der Waals surface area contributed by atoms with Gasteiger partial charge in [-0.3, -0.25) is 0 Å². The molecule has 246 valence electrons. The highest BCUT2D eigenvalue weighted by Crippen LogP contribution is 2.46. The zero-order valence-corrected chi connectivity index (χ0v) is 28.2. The Morgan fingerprint density at radius 3 is 1.58 bits per heavy atom. The van der Waals surface area contributed by atoms with Crippen molar-refractivity contribution in [3.63, 3.8) is 0 Å². The van der Waals surface area contributed by atoms with Crippen molar-refractivity contribution in [1.82, 2.24) is 0 Å². The lowest BCUT2D eigenvalue weighted by Crippen LogP contribution is -2.10. The van der Waals surface area contributed by atoms with Crippen molar-refractivity contribution in [2.75, 3.05) is 9.80 Å². The van der Waals surface area contributed by atoms with Crippen molar-refractivity contribution >= 4 is 78.0 Å². The molecule has 0 unspecified atom stereocenters. The van der Waals surface area contributed by atoms with Crippen LogP contribution in [0.25, 0.3) is 55.0 Å². The van der Waals surface area contributed by atoms with Crippen LogP contribution < -0.4 is 9.80 Å². The minimum atomic E-state index is 0.828. The number of benzene rings is 8. The Balaban J connectivity index is 1.15. The molecule has 0 aliphatic heterocycles. The zero-order valence-electron chi connectivity index (χ0n) is 28.2. The number of para-hydroxylation sites is 3. The smallest absolute Gasteiger partial charge is 0.137 e. The van der Waals surface area contributed by atoms with Gasteiger partial charge in [0.1, 0.15) is 22.3 Å². The number of hydrogen-bond donors (Lipinski definition) is 0. The van der Waals surface area contributed by atoms with Crippen molar-refractivity contribution in [2.45, 2.75) is 0 Å². The van der Waals surface area contributed by atoms with Gasteiger partial charge in [-0.2, -0.15) is 0 Å². The predicted octanol–water partition coefficient (Wildman–Crippen LogP) is 14.1. The molecule has 0 radical (unpaired) electrons. The van der Waals surface area contributed by atoms with Gasteiger partial charge in [-0.25, -0.2) is 0 Å². The second-order valence-electron chi connectivity index (χ2n) is 13.0. The van der Waals surface area contributed by atoms with Crippen LogP contribution in [-0.2, 0) is 0 Å². The van der Waals surface area contributed by atoms with Crippen LogP contribution >= 0.6 is 0 Å². The van der Waals surface area contributed by atoms with E-state index in [-0.39, 0.29) is 0 Å². The van der Waals surface area contributed by atoms with Gasteiger partial charge in [-0.05, 0) is 96.1 Å². The van der Waals surface area contributed by atoms with Crippen LogP contribution in [0.1, 0.15) is 0 Å². The highest BCUT2D eigenvalue weighted by Gasteiger charge is 2.22. The largest absolute Gasteiger partial charge is 0.456 e. The van der Waals surface area contributed by atoms with Gasteiger partial charge in [-0.1, -0.05) is 103 Å². The fraction of sp³-hybridized carbons (Fsp3) is 0. The van der Waals surface area contributed by atoms with Gasteiger partial charge in [0.05, 0.1) is 11.1 Å². The minimum absolute atomic E-state index is 0.828. The standard InChI is InChI=1S/C48H32N2O2/c1-4-13-33(14-5-1)34-23-25-37(26-24-34)49(35-15-6-2-7-16-35)38-28-30-45-42(31-38)48-43(20-12-22-46(48)51-45)50(36-17-8-3-9-18-36)39-27-29-41-40-19-10-11-21-44(40)52-47(41)32-39/h1-32H. The van der Waals surface area contributed by atoms with E-state index in [1.165, 1.54) is 11.1 Å². The lowest BCUT2D eigenvalue weighted by molar-refractivity contribution is 0.669. The van der Waals surface area contributed by atoms with Crippen LogP contribution in [-0.4, -0.2) is 0 Å². The molecular weight excluding hydrogens is 637 g/mol. The maximum Gasteiger partial charge on any atom is 0.137 e. The van der Waals surface area contributed by atoms with E-state index in [1.54, 1.807) is 0 Å². The second-order valence-corrected chi connectivity index (χ2v) is 13.0. The Morgan fingerprint density at radius 2 is 0.808 bits per heavy atom. The molecule has 10 aromatic rings. The molecule has 4 heteroatoms. The van der Waals surface area contributed by atoms with E-state index in [1.807, 2.05) is 12.1 Å². The lowest BCUT2D eigenvalue weighted by atomic mass is 10.0. The molecule has 0 bridgehead atoms. The van der Waals surface area contributed by atoms with Gasteiger partial charge in [0.2, 0.25) is 0 Å². The maximum atomic E-state index is 6.57. The average Bonchev–Trinajstić information content (AvgIpc) is 3.78. The zero-order chi connectivity index (χ0) is 34.4. The first kappa shape index (κ1) is 29.8. The van der Waals surface area contributed by atoms with Gasteiger partial charge >= 0.3 is 0 Å². The third-order valence-corrected chi connectivity index (χ3v) is 9.84. The van der Waals surface area contributed by atoms with Crippen molar-refractivity contribution in [1.29, 1.82) is 0 Å². The second kappa shape index (κ2) is 12.4. The average molecular weight is 669 g/mol. The van der Waals surface area contributed by atoms with Crippen molar-refractivity contribution in [3.05, 3.63) is 194 Å². The molecule has 0 aliphatic carbocycles. The Morgan fingerprint density at radius 1 is 0.288 bits per heavy atom. The molecule has 10 rings (SSSR count). The monoisotopic (exact) mass is 668 g/mol. The highest BCUT2D eigenvalue weighted by atomic mass is 16.3. The number of fused-ring (bicyclic) bond motifs is 6. The number of furan rings is 2. The minimum Gasteiger partial charge on any atom is -0.456 e. The third-order valence-electron chi connectivity index (χ3n) is 9.84. The van der Waals surface area contributed by atoms with Crippen LogP contribution in [0.4, 0.5) is 34.1 Å². The molecule has 0 aliphatic rings. The molecule has 8 aromatic carbocycles. The molecule has 0 saturated carbocycles. The normalized spacial score (nSPS) is 11.5. The Bertz CT molecular complexity index is 2840. The van der Waals surface area contributed by atoms with Crippen LogP contribution in [0.15, 0.2) is 203 Å². The molecule has 52 heavy (non-hydrogen) atoms. The van der Waals surface area contributed by atoms with E-state index < -0.39 is 0 Å². The summed E-state index contributed by atoms with van der Waals surface area (Å²) in [7, 11) is 0. The molecule has 0 amide bonds. The molecule has 0 N–H and O–H groups in total. The molecule has 4 nitrogen and oxygen atoms in total. The molecule has 2 heterocycles. The first-order valence-electron chi connectivity index (χ1n) is 17.5. The quantitative estimate of drug-likeness (QED) is 0.169. The Kier molecular flexibility index (Phi) is 7.10. The third kappa shape index (κ3) is 5.09. The summed E-state index contributed by atoms with van der Waals surface area (Å²) in [6.45, 7) is 0. The highest BCUT2D eigenvalue weighted by molar-refractivity contribution is 6.15. The Hall–Kier alpha value is -7.04. The van der Waals surface area contributed by atoms with E-state index in [4.69, 9.17) is 8.83 Å². The SMILES string of the molecule is c1ccc(-c2ccc(N(c3ccccc3)c3ccc4oc5cccc(N(c6ccccc6)c6ccc7c(c6)oc6ccccc67)c5c4c3)cc2)cc1. The molecule has 0 fully saturated rings. The summed E-state index contributed by atoms with van der Waals surface area (Å²) in [5.41, 5.74) is 12.0. The van der Waals surface area contributed by atoms with Gasteiger partial charge in [-0.15, -0.1) is 0 Å². The van der Waals surface area contributed by atoms with E-state index >= 15 is 0 Å². The Labute approximate surface area is 301 Å². The van der Waals surface area contributed by atoms with Crippen molar-refractivity contribution < 1.29 is 8.83 Å². The number of rotatable bonds is 7. The summed E-state index contributed by atoms with van der Waals surface area (Å²) in [4.78, 5) is 4.61. The lowest BCUT2D eigenvalue weighted by Gasteiger charge is -2.27. The van der Waals surface area contributed by atoms with E-state index in [0.717, 1.165) is 78.0 Å². The first-order valence-corrected chi connectivity index (χ1v) is 17.5. The van der Waals surface area contributed by atoms with E-state index in [9.17, 15) is 0 Å². The molecule has 2 aromatic heterocycles. The predicted molar refractivity (Wildman–Crippen MR) is 216 cm³/mol. The first-order chi connectivity index (χ1) is 25.8. The maximum absolute atomic E-state index is 6.57. The van der Waals surface area contributed by atoms with Gasteiger partial charge in [0, 0.05) is 50.7 Å². The number of nitrogens with zero attached hydrogens (tertiary/aromatic N) is 2.